The van der Waals surface area contributed by atoms with Crippen molar-refractivity contribution in [2.75, 3.05) is 0 Å². The van der Waals surface area contributed by atoms with Gasteiger partial charge in [-0.25, -0.2) is 0 Å². The molecule has 0 aliphatic heterocycles. The van der Waals surface area contributed by atoms with Crippen LogP contribution in [-0.4, -0.2) is 6.04 Å². The molecule has 3 heteroatoms. The summed E-state index contributed by atoms with van der Waals surface area (Å²) in [5.41, 5.74) is 2.67. The molecule has 100 valence electrons. The molecule has 19 heavy (non-hydrogen) atoms. The SMILES string of the molecule is CC(Cc1ccc(Br)cc1)NCc1ccc(Br)cc1. The van der Waals surface area contributed by atoms with Crippen molar-refractivity contribution in [3.8, 4) is 0 Å². The van der Waals surface area contributed by atoms with E-state index in [1.165, 1.54) is 11.1 Å². The predicted molar refractivity (Wildman–Crippen MR) is 88.3 cm³/mol. The summed E-state index contributed by atoms with van der Waals surface area (Å²) in [6.45, 7) is 3.13. The van der Waals surface area contributed by atoms with Crippen LogP contribution in [-0.2, 0) is 13.0 Å². The summed E-state index contributed by atoms with van der Waals surface area (Å²) >= 11 is 6.91. The molecule has 0 aliphatic rings. The Balaban J connectivity index is 1.82. The van der Waals surface area contributed by atoms with Gasteiger partial charge < -0.3 is 5.32 Å². The maximum absolute atomic E-state index is 3.55. The molecule has 0 fully saturated rings. The smallest absolute Gasteiger partial charge is 0.0208 e. The highest BCUT2D eigenvalue weighted by molar-refractivity contribution is 9.10. The normalized spacial score (nSPS) is 12.4. The van der Waals surface area contributed by atoms with Gasteiger partial charge in [-0.1, -0.05) is 56.1 Å². The van der Waals surface area contributed by atoms with E-state index in [4.69, 9.17) is 0 Å². The van der Waals surface area contributed by atoms with Crippen molar-refractivity contribution in [3.63, 3.8) is 0 Å². The van der Waals surface area contributed by atoms with Crippen LogP contribution in [0.3, 0.4) is 0 Å². The minimum Gasteiger partial charge on any atom is -0.310 e. The molecule has 0 saturated carbocycles. The molecule has 0 heterocycles. The summed E-state index contributed by atoms with van der Waals surface area (Å²) in [7, 11) is 0. The second-order valence-corrected chi connectivity index (χ2v) is 6.57. The van der Waals surface area contributed by atoms with E-state index in [2.05, 4.69) is 92.6 Å². The lowest BCUT2D eigenvalue weighted by molar-refractivity contribution is 0.545. The van der Waals surface area contributed by atoms with Gasteiger partial charge in [-0.05, 0) is 48.7 Å². The van der Waals surface area contributed by atoms with Crippen LogP contribution in [0.5, 0.6) is 0 Å². The molecule has 0 saturated heterocycles. The fraction of sp³-hybridized carbons (Fsp3) is 0.250. The summed E-state index contributed by atoms with van der Waals surface area (Å²) in [4.78, 5) is 0. The lowest BCUT2D eigenvalue weighted by Gasteiger charge is -2.14. The highest BCUT2D eigenvalue weighted by Crippen LogP contribution is 2.13. The molecule has 0 amide bonds. The quantitative estimate of drug-likeness (QED) is 0.772. The fourth-order valence-corrected chi connectivity index (χ4v) is 2.47. The summed E-state index contributed by atoms with van der Waals surface area (Å²) in [6.07, 6.45) is 1.05. The maximum Gasteiger partial charge on any atom is 0.0208 e. The van der Waals surface area contributed by atoms with Gasteiger partial charge in [0, 0.05) is 21.5 Å². The Morgan fingerprint density at radius 3 is 1.84 bits per heavy atom. The second kappa shape index (κ2) is 7.22. The van der Waals surface area contributed by atoms with E-state index in [0.717, 1.165) is 21.9 Å². The molecule has 1 atom stereocenters. The zero-order chi connectivity index (χ0) is 13.7. The third kappa shape index (κ3) is 5.09. The summed E-state index contributed by atoms with van der Waals surface area (Å²) in [6, 6.07) is 17.4. The number of rotatable bonds is 5. The lowest BCUT2D eigenvalue weighted by atomic mass is 10.1. The Kier molecular flexibility index (Phi) is 5.61. The zero-order valence-corrected chi connectivity index (χ0v) is 14.0. The molecule has 1 N–H and O–H groups in total. The van der Waals surface area contributed by atoms with Crippen molar-refractivity contribution < 1.29 is 0 Å². The van der Waals surface area contributed by atoms with Crippen LogP contribution < -0.4 is 5.32 Å². The molecule has 0 aliphatic carbocycles. The first kappa shape index (κ1) is 14.8. The number of hydrogen-bond donors (Lipinski definition) is 1. The van der Waals surface area contributed by atoms with Gasteiger partial charge in [-0.3, -0.25) is 0 Å². The number of benzene rings is 2. The minimum absolute atomic E-state index is 0.463. The van der Waals surface area contributed by atoms with Crippen LogP contribution >= 0.6 is 31.9 Å². The van der Waals surface area contributed by atoms with Gasteiger partial charge in [0.2, 0.25) is 0 Å². The Hall–Kier alpha value is -0.640. The largest absolute Gasteiger partial charge is 0.310 e. The average Bonchev–Trinajstić information content (AvgIpc) is 2.41. The number of halogens is 2. The lowest BCUT2D eigenvalue weighted by Crippen LogP contribution is -2.27. The van der Waals surface area contributed by atoms with Gasteiger partial charge in [0.15, 0.2) is 0 Å². The molecular weight excluding hydrogens is 366 g/mol. The molecular formula is C16H17Br2N. The van der Waals surface area contributed by atoms with Crippen molar-refractivity contribution in [1.29, 1.82) is 0 Å². The maximum atomic E-state index is 3.55. The van der Waals surface area contributed by atoms with Crippen molar-refractivity contribution in [2.45, 2.75) is 25.9 Å². The van der Waals surface area contributed by atoms with E-state index in [1.807, 2.05) is 0 Å². The topological polar surface area (TPSA) is 12.0 Å². The fourth-order valence-electron chi connectivity index (χ4n) is 1.94. The first-order valence-corrected chi connectivity index (χ1v) is 7.94. The van der Waals surface area contributed by atoms with E-state index >= 15 is 0 Å². The number of nitrogens with one attached hydrogen (secondary N) is 1. The van der Waals surface area contributed by atoms with Gasteiger partial charge in [0.1, 0.15) is 0 Å². The van der Waals surface area contributed by atoms with Gasteiger partial charge in [0.25, 0.3) is 0 Å². The average molecular weight is 383 g/mol. The van der Waals surface area contributed by atoms with Crippen LogP contribution in [0.2, 0.25) is 0 Å². The zero-order valence-electron chi connectivity index (χ0n) is 10.9. The Morgan fingerprint density at radius 1 is 0.842 bits per heavy atom. The van der Waals surface area contributed by atoms with Crippen LogP contribution in [0.25, 0.3) is 0 Å². The van der Waals surface area contributed by atoms with Gasteiger partial charge in [-0.2, -0.15) is 0 Å². The molecule has 0 spiro atoms. The van der Waals surface area contributed by atoms with Crippen molar-refractivity contribution in [2.24, 2.45) is 0 Å². The van der Waals surface area contributed by atoms with E-state index < -0.39 is 0 Å². The van der Waals surface area contributed by atoms with Crippen LogP contribution in [0, 0.1) is 0 Å². The molecule has 2 rings (SSSR count). The van der Waals surface area contributed by atoms with Crippen molar-refractivity contribution in [3.05, 3.63) is 68.6 Å². The highest BCUT2D eigenvalue weighted by Gasteiger charge is 2.03. The minimum atomic E-state index is 0.463. The van der Waals surface area contributed by atoms with E-state index in [0.29, 0.717) is 6.04 Å². The second-order valence-electron chi connectivity index (χ2n) is 4.74. The van der Waals surface area contributed by atoms with Gasteiger partial charge in [0.05, 0.1) is 0 Å². The monoisotopic (exact) mass is 381 g/mol. The first-order valence-electron chi connectivity index (χ1n) is 6.36. The van der Waals surface area contributed by atoms with Crippen LogP contribution in [0.4, 0.5) is 0 Å². The highest BCUT2D eigenvalue weighted by atomic mass is 79.9. The molecule has 0 bridgehead atoms. The number of hydrogen-bond acceptors (Lipinski definition) is 1. The summed E-state index contributed by atoms with van der Waals surface area (Å²) < 4.78 is 2.26. The Bertz CT molecular complexity index is 505. The molecule has 1 unspecified atom stereocenters. The summed E-state index contributed by atoms with van der Waals surface area (Å²) in [5.74, 6) is 0. The Labute approximate surface area is 131 Å². The van der Waals surface area contributed by atoms with Crippen molar-refractivity contribution >= 4 is 31.9 Å². The third-order valence-corrected chi connectivity index (χ3v) is 4.08. The third-order valence-electron chi connectivity index (χ3n) is 3.02. The standard InChI is InChI=1S/C16H17Br2N/c1-12(10-13-2-6-15(17)7-3-13)19-11-14-4-8-16(18)9-5-14/h2-9,12,19H,10-11H2,1H3. The van der Waals surface area contributed by atoms with Crippen LogP contribution in [0.1, 0.15) is 18.1 Å². The summed E-state index contributed by atoms with van der Waals surface area (Å²) in [5, 5.41) is 3.55. The van der Waals surface area contributed by atoms with E-state index in [-0.39, 0.29) is 0 Å². The Morgan fingerprint density at radius 2 is 1.32 bits per heavy atom. The molecule has 0 aromatic heterocycles. The van der Waals surface area contributed by atoms with Gasteiger partial charge >= 0.3 is 0 Å². The van der Waals surface area contributed by atoms with Crippen LogP contribution in [0.15, 0.2) is 57.5 Å². The van der Waals surface area contributed by atoms with E-state index in [1.54, 1.807) is 0 Å². The molecule has 2 aromatic carbocycles. The van der Waals surface area contributed by atoms with Gasteiger partial charge in [-0.15, -0.1) is 0 Å². The molecule has 2 aromatic rings. The predicted octanol–water partition coefficient (Wildman–Crippen LogP) is 4.93. The first-order chi connectivity index (χ1) is 9.13. The molecule has 0 radical (unpaired) electrons. The molecule has 1 nitrogen and oxygen atoms in total. The van der Waals surface area contributed by atoms with Crippen molar-refractivity contribution in [1.82, 2.24) is 5.32 Å². The van der Waals surface area contributed by atoms with E-state index in [9.17, 15) is 0 Å².